The average Bonchev–Trinajstić information content (AvgIpc) is 2.52. The lowest BCUT2D eigenvalue weighted by molar-refractivity contribution is 0.411. The molecule has 1 aliphatic rings. The van der Waals surface area contributed by atoms with Crippen molar-refractivity contribution in [3.05, 3.63) is 0 Å². The number of hydrogen-bond acceptors (Lipinski definition) is 3. The molecule has 1 N–H and O–H groups in total. The maximum absolute atomic E-state index is 11.4. The smallest absolute Gasteiger partial charge is 0.150 e. The van der Waals surface area contributed by atoms with Crippen molar-refractivity contribution >= 4 is 9.84 Å². The SMILES string of the molecule is CNC(CC#CC(C)(C)C)C1CCS(=O)(=O)C1. The molecule has 2 unspecified atom stereocenters. The molecule has 1 rings (SSSR count). The quantitative estimate of drug-likeness (QED) is 0.778. The van der Waals surface area contributed by atoms with E-state index in [1.54, 1.807) is 0 Å². The zero-order valence-corrected chi connectivity index (χ0v) is 12.0. The van der Waals surface area contributed by atoms with Crippen molar-refractivity contribution < 1.29 is 8.42 Å². The Hall–Kier alpha value is -0.530. The van der Waals surface area contributed by atoms with Crippen LogP contribution in [0.1, 0.15) is 33.6 Å². The molecule has 0 spiro atoms. The highest BCUT2D eigenvalue weighted by molar-refractivity contribution is 7.91. The molecule has 0 aromatic carbocycles. The van der Waals surface area contributed by atoms with Crippen molar-refractivity contribution in [3.63, 3.8) is 0 Å². The van der Waals surface area contributed by atoms with Crippen LogP contribution in [0.15, 0.2) is 0 Å². The first kappa shape index (κ1) is 14.5. The number of hydrogen-bond donors (Lipinski definition) is 1. The summed E-state index contributed by atoms with van der Waals surface area (Å²) in [5.74, 6) is 7.24. The van der Waals surface area contributed by atoms with Gasteiger partial charge in [0.05, 0.1) is 11.5 Å². The van der Waals surface area contributed by atoms with Crippen molar-refractivity contribution in [3.8, 4) is 11.8 Å². The predicted molar refractivity (Wildman–Crippen MR) is 71.5 cm³/mol. The monoisotopic (exact) mass is 257 g/mol. The summed E-state index contributed by atoms with van der Waals surface area (Å²) < 4.78 is 22.9. The van der Waals surface area contributed by atoms with E-state index in [-0.39, 0.29) is 17.4 Å². The Labute approximate surface area is 105 Å². The van der Waals surface area contributed by atoms with Crippen molar-refractivity contribution in [2.24, 2.45) is 11.3 Å². The summed E-state index contributed by atoms with van der Waals surface area (Å²) in [5, 5.41) is 3.20. The highest BCUT2D eigenvalue weighted by atomic mass is 32.2. The summed E-state index contributed by atoms with van der Waals surface area (Å²) in [4.78, 5) is 0. The molecule has 17 heavy (non-hydrogen) atoms. The summed E-state index contributed by atoms with van der Waals surface area (Å²) in [7, 11) is -0.909. The van der Waals surface area contributed by atoms with Crippen LogP contribution in [0, 0.1) is 23.2 Å². The van der Waals surface area contributed by atoms with Crippen LogP contribution in [0.5, 0.6) is 0 Å². The van der Waals surface area contributed by atoms with Crippen LogP contribution in [0.2, 0.25) is 0 Å². The van der Waals surface area contributed by atoms with E-state index in [0.717, 1.165) is 12.8 Å². The summed E-state index contributed by atoms with van der Waals surface area (Å²) in [5.41, 5.74) is 0.0139. The minimum absolute atomic E-state index is 0.0139. The van der Waals surface area contributed by atoms with Gasteiger partial charge in [-0.25, -0.2) is 8.42 Å². The normalized spacial score (nSPS) is 25.1. The van der Waals surface area contributed by atoms with Gasteiger partial charge in [0.2, 0.25) is 0 Å². The second-order valence-electron chi connectivity index (χ2n) is 5.81. The minimum atomic E-state index is -2.79. The molecule has 1 saturated heterocycles. The summed E-state index contributed by atoms with van der Waals surface area (Å²) >= 11 is 0. The summed E-state index contributed by atoms with van der Waals surface area (Å²) in [6.45, 7) is 6.23. The molecule has 0 saturated carbocycles. The topological polar surface area (TPSA) is 46.2 Å². The van der Waals surface area contributed by atoms with Gasteiger partial charge >= 0.3 is 0 Å². The van der Waals surface area contributed by atoms with Gasteiger partial charge in [-0.15, -0.1) is 5.92 Å². The zero-order valence-electron chi connectivity index (χ0n) is 11.2. The number of rotatable bonds is 3. The van der Waals surface area contributed by atoms with Gasteiger partial charge in [0.25, 0.3) is 0 Å². The van der Waals surface area contributed by atoms with Gasteiger partial charge in [-0.3, -0.25) is 0 Å². The van der Waals surface area contributed by atoms with Crippen LogP contribution >= 0.6 is 0 Å². The van der Waals surface area contributed by atoms with E-state index in [2.05, 4.69) is 37.9 Å². The Morgan fingerprint density at radius 2 is 2.06 bits per heavy atom. The molecule has 1 heterocycles. The van der Waals surface area contributed by atoms with Gasteiger partial charge in [0.1, 0.15) is 0 Å². The number of sulfone groups is 1. The Morgan fingerprint density at radius 3 is 2.47 bits per heavy atom. The van der Waals surface area contributed by atoms with E-state index in [4.69, 9.17) is 0 Å². The predicted octanol–water partition coefficient (Wildman–Crippen LogP) is 1.45. The third-order valence-electron chi connectivity index (χ3n) is 2.99. The van der Waals surface area contributed by atoms with E-state index in [1.807, 2.05) is 7.05 Å². The van der Waals surface area contributed by atoms with Crippen molar-refractivity contribution in [1.29, 1.82) is 0 Å². The molecule has 2 atom stereocenters. The molecule has 0 aromatic heterocycles. The van der Waals surface area contributed by atoms with E-state index in [1.165, 1.54) is 0 Å². The van der Waals surface area contributed by atoms with Crippen LogP contribution in [-0.2, 0) is 9.84 Å². The van der Waals surface area contributed by atoms with Crippen LogP contribution in [-0.4, -0.2) is 33.0 Å². The maximum atomic E-state index is 11.4. The second kappa shape index (κ2) is 5.41. The standard InChI is InChI=1S/C13H23NO2S/c1-13(2,3)8-5-6-12(14-4)11-7-9-17(15,16)10-11/h11-12,14H,6-7,9-10H2,1-4H3. The van der Waals surface area contributed by atoms with Gasteiger partial charge < -0.3 is 5.32 Å². The van der Waals surface area contributed by atoms with Crippen LogP contribution in [0.4, 0.5) is 0 Å². The van der Waals surface area contributed by atoms with Gasteiger partial charge in [-0.1, -0.05) is 5.92 Å². The fourth-order valence-electron chi connectivity index (χ4n) is 2.07. The third kappa shape index (κ3) is 5.10. The van der Waals surface area contributed by atoms with Gasteiger partial charge in [0, 0.05) is 17.9 Å². The van der Waals surface area contributed by atoms with Crippen molar-refractivity contribution in [2.75, 3.05) is 18.6 Å². The Kier molecular flexibility index (Phi) is 4.62. The fourth-order valence-corrected chi connectivity index (χ4v) is 3.95. The minimum Gasteiger partial charge on any atom is -0.316 e. The van der Waals surface area contributed by atoms with E-state index >= 15 is 0 Å². The molecule has 0 radical (unpaired) electrons. The maximum Gasteiger partial charge on any atom is 0.150 e. The van der Waals surface area contributed by atoms with Gasteiger partial charge in [-0.05, 0) is 40.2 Å². The zero-order chi connectivity index (χ0) is 13.1. The molecule has 3 nitrogen and oxygen atoms in total. The van der Waals surface area contributed by atoms with E-state index < -0.39 is 9.84 Å². The van der Waals surface area contributed by atoms with Gasteiger partial charge in [0.15, 0.2) is 9.84 Å². The third-order valence-corrected chi connectivity index (χ3v) is 4.79. The Balaban J connectivity index is 2.58. The summed E-state index contributed by atoms with van der Waals surface area (Å²) in [6.07, 6.45) is 1.50. The highest BCUT2D eigenvalue weighted by Crippen LogP contribution is 2.23. The molecular weight excluding hydrogens is 234 g/mol. The fraction of sp³-hybridized carbons (Fsp3) is 0.846. The molecule has 0 aliphatic carbocycles. The molecule has 0 amide bonds. The first-order chi connectivity index (χ1) is 7.73. The lowest BCUT2D eigenvalue weighted by Gasteiger charge is -2.19. The highest BCUT2D eigenvalue weighted by Gasteiger charge is 2.32. The molecule has 4 heteroatoms. The number of nitrogens with one attached hydrogen (secondary N) is 1. The average molecular weight is 257 g/mol. The second-order valence-corrected chi connectivity index (χ2v) is 8.04. The molecule has 1 aliphatic heterocycles. The van der Waals surface area contributed by atoms with Crippen LogP contribution < -0.4 is 5.32 Å². The first-order valence-electron chi connectivity index (χ1n) is 6.11. The molecule has 0 aromatic rings. The van der Waals surface area contributed by atoms with E-state index in [9.17, 15) is 8.42 Å². The molecule has 98 valence electrons. The van der Waals surface area contributed by atoms with Crippen LogP contribution in [0.25, 0.3) is 0 Å². The summed E-state index contributed by atoms with van der Waals surface area (Å²) in [6, 6.07) is 0.196. The molecule has 0 bridgehead atoms. The first-order valence-corrected chi connectivity index (χ1v) is 7.93. The largest absolute Gasteiger partial charge is 0.316 e. The lowest BCUT2D eigenvalue weighted by Crippen LogP contribution is -2.34. The van der Waals surface area contributed by atoms with Gasteiger partial charge in [-0.2, -0.15) is 0 Å². The lowest BCUT2D eigenvalue weighted by atomic mass is 9.94. The molecule has 1 fully saturated rings. The Bertz CT molecular complexity index is 409. The van der Waals surface area contributed by atoms with Crippen molar-refractivity contribution in [1.82, 2.24) is 5.32 Å². The van der Waals surface area contributed by atoms with Crippen LogP contribution in [0.3, 0.4) is 0 Å². The van der Waals surface area contributed by atoms with E-state index in [0.29, 0.717) is 11.5 Å². The van der Waals surface area contributed by atoms with Crippen molar-refractivity contribution in [2.45, 2.75) is 39.7 Å². The Morgan fingerprint density at radius 1 is 1.41 bits per heavy atom. The molecular formula is C13H23NO2S.